The van der Waals surface area contributed by atoms with E-state index >= 15 is 0 Å². The number of hydrogen-bond acceptors (Lipinski definition) is 6. The van der Waals surface area contributed by atoms with E-state index in [1.807, 2.05) is 12.1 Å². The molecular weight excluding hydrogens is 324 g/mol. The zero-order valence-corrected chi connectivity index (χ0v) is 13.8. The maximum atomic E-state index is 12.6. The van der Waals surface area contributed by atoms with E-state index < -0.39 is 0 Å². The van der Waals surface area contributed by atoms with Crippen LogP contribution in [0.25, 0.3) is 10.6 Å². The summed E-state index contributed by atoms with van der Waals surface area (Å²) in [5, 5.41) is 0.815. The minimum absolute atomic E-state index is 0.172. The molecule has 0 saturated carbocycles. The number of carbonyl (C=O) groups is 1. The van der Waals surface area contributed by atoms with E-state index in [0.717, 1.165) is 29.3 Å². The third-order valence-corrected chi connectivity index (χ3v) is 4.84. The minimum atomic E-state index is -0.172. The lowest BCUT2D eigenvalue weighted by Crippen LogP contribution is -2.27. The lowest BCUT2D eigenvalue weighted by molar-refractivity contribution is 0.0995. The number of rotatable bonds is 3. The zero-order chi connectivity index (χ0) is 16.5. The van der Waals surface area contributed by atoms with Crippen LogP contribution in [-0.4, -0.2) is 34.5 Å². The Morgan fingerprint density at radius 3 is 2.92 bits per heavy atom. The summed E-state index contributed by atoms with van der Waals surface area (Å²) >= 11 is 1.36. The van der Waals surface area contributed by atoms with Gasteiger partial charge in [-0.1, -0.05) is 0 Å². The fourth-order valence-electron chi connectivity index (χ4n) is 2.55. The number of nitrogens with zero attached hydrogens (tertiary/aromatic N) is 4. The normalized spacial score (nSPS) is 12.5. The average molecular weight is 338 g/mol. The Balaban J connectivity index is 1.59. The maximum absolute atomic E-state index is 12.6. The van der Waals surface area contributed by atoms with Crippen LogP contribution in [0.2, 0.25) is 0 Å². The highest BCUT2D eigenvalue weighted by molar-refractivity contribution is 7.17. The zero-order valence-electron chi connectivity index (χ0n) is 13.0. The average Bonchev–Trinajstić information content (AvgIpc) is 3.29. The topological polar surface area (TPSA) is 68.2 Å². The Hall–Kier alpha value is -2.80. The van der Waals surface area contributed by atoms with Gasteiger partial charge in [0.25, 0.3) is 5.91 Å². The van der Waals surface area contributed by atoms with Crippen molar-refractivity contribution in [3.8, 4) is 16.3 Å². The SMILES string of the molecule is CN(C(=O)c1cnc(-c2ccc3c(c2)CCO3)s1)c1ncccn1. The number of ether oxygens (including phenoxy) is 1. The monoisotopic (exact) mass is 338 g/mol. The van der Waals surface area contributed by atoms with Gasteiger partial charge >= 0.3 is 0 Å². The van der Waals surface area contributed by atoms with Gasteiger partial charge < -0.3 is 4.74 Å². The van der Waals surface area contributed by atoms with Crippen molar-refractivity contribution >= 4 is 23.2 Å². The van der Waals surface area contributed by atoms with E-state index in [-0.39, 0.29) is 5.91 Å². The molecule has 0 spiro atoms. The predicted molar refractivity (Wildman–Crippen MR) is 91.5 cm³/mol. The number of anilines is 1. The third-order valence-electron chi connectivity index (χ3n) is 3.81. The molecule has 3 aromatic rings. The number of hydrogen-bond donors (Lipinski definition) is 0. The van der Waals surface area contributed by atoms with Crippen molar-refractivity contribution in [1.29, 1.82) is 0 Å². The van der Waals surface area contributed by atoms with E-state index in [1.165, 1.54) is 21.8 Å². The van der Waals surface area contributed by atoms with Gasteiger partial charge in [-0.05, 0) is 29.8 Å². The third kappa shape index (κ3) is 2.63. The van der Waals surface area contributed by atoms with Gasteiger partial charge in [0.05, 0.1) is 12.8 Å². The summed E-state index contributed by atoms with van der Waals surface area (Å²) in [6.07, 6.45) is 5.73. The molecule has 1 aliphatic rings. The van der Waals surface area contributed by atoms with Gasteiger partial charge in [0.1, 0.15) is 15.6 Å². The number of amides is 1. The van der Waals surface area contributed by atoms with E-state index in [4.69, 9.17) is 4.74 Å². The van der Waals surface area contributed by atoms with Crippen molar-refractivity contribution in [2.75, 3.05) is 18.6 Å². The van der Waals surface area contributed by atoms with Gasteiger partial charge in [0, 0.05) is 31.4 Å². The van der Waals surface area contributed by atoms with Gasteiger partial charge in [-0.3, -0.25) is 9.69 Å². The van der Waals surface area contributed by atoms with Crippen molar-refractivity contribution in [2.45, 2.75) is 6.42 Å². The Morgan fingerprint density at radius 1 is 1.25 bits per heavy atom. The summed E-state index contributed by atoms with van der Waals surface area (Å²) in [5.74, 6) is 1.13. The van der Waals surface area contributed by atoms with Crippen LogP contribution in [0.15, 0.2) is 42.9 Å². The number of thiazole rings is 1. The summed E-state index contributed by atoms with van der Waals surface area (Å²) in [6, 6.07) is 7.73. The highest BCUT2D eigenvalue weighted by atomic mass is 32.1. The molecule has 4 rings (SSSR count). The fourth-order valence-corrected chi connectivity index (χ4v) is 3.43. The minimum Gasteiger partial charge on any atom is -0.493 e. The first-order valence-electron chi connectivity index (χ1n) is 7.49. The molecule has 3 heterocycles. The standard InChI is InChI=1S/C17H14N4O2S/c1-21(17-18-6-2-7-19-17)16(22)14-10-20-15(24-14)12-3-4-13-11(9-12)5-8-23-13/h2-4,6-7,9-10H,5,8H2,1H3. The van der Waals surface area contributed by atoms with Gasteiger partial charge in [0.2, 0.25) is 5.95 Å². The lowest BCUT2D eigenvalue weighted by atomic mass is 10.1. The number of aromatic nitrogens is 3. The molecule has 1 aliphatic heterocycles. The van der Waals surface area contributed by atoms with Crippen LogP contribution in [0.3, 0.4) is 0 Å². The second-order valence-corrected chi connectivity index (χ2v) is 6.39. The molecule has 0 saturated heterocycles. The first kappa shape index (κ1) is 14.8. The van der Waals surface area contributed by atoms with E-state index in [2.05, 4.69) is 21.0 Å². The first-order chi connectivity index (χ1) is 11.7. The van der Waals surface area contributed by atoms with Crippen LogP contribution in [0.1, 0.15) is 15.2 Å². The van der Waals surface area contributed by atoms with Crippen molar-refractivity contribution < 1.29 is 9.53 Å². The molecule has 1 amide bonds. The predicted octanol–water partition coefficient (Wildman–Crippen LogP) is 2.81. The molecule has 120 valence electrons. The Kier molecular flexibility index (Phi) is 3.70. The molecule has 0 atom stereocenters. The van der Waals surface area contributed by atoms with Crippen molar-refractivity contribution in [3.63, 3.8) is 0 Å². The molecule has 0 bridgehead atoms. The summed E-state index contributed by atoms with van der Waals surface area (Å²) in [4.78, 5) is 27.1. The van der Waals surface area contributed by atoms with E-state index in [0.29, 0.717) is 10.8 Å². The molecule has 0 radical (unpaired) electrons. The van der Waals surface area contributed by atoms with Crippen molar-refractivity contribution in [2.24, 2.45) is 0 Å². The molecule has 7 heteroatoms. The largest absolute Gasteiger partial charge is 0.493 e. The summed E-state index contributed by atoms with van der Waals surface area (Å²) in [5.41, 5.74) is 2.19. The number of carbonyl (C=O) groups excluding carboxylic acids is 1. The van der Waals surface area contributed by atoms with Gasteiger partial charge in [-0.25, -0.2) is 15.0 Å². The molecule has 6 nitrogen and oxygen atoms in total. The Labute approximate surface area is 142 Å². The molecule has 0 unspecified atom stereocenters. The summed E-state index contributed by atoms with van der Waals surface area (Å²) in [7, 11) is 1.66. The first-order valence-corrected chi connectivity index (χ1v) is 8.31. The summed E-state index contributed by atoms with van der Waals surface area (Å²) in [6.45, 7) is 0.724. The van der Waals surface area contributed by atoms with Gasteiger partial charge in [-0.15, -0.1) is 11.3 Å². The Morgan fingerprint density at radius 2 is 2.08 bits per heavy atom. The number of benzene rings is 1. The van der Waals surface area contributed by atoms with Crippen molar-refractivity contribution in [1.82, 2.24) is 15.0 Å². The molecule has 0 aliphatic carbocycles. The second-order valence-electron chi connectivity index (χ2n) is 5.36. The fraction of sp³-hybridized carbons (Fsp3) is 0.176. The van der Waals surface area contributed by atoms with Gasteiger partial charge in [0.15, 0.2) is 0 Å². The van der Waals surface area contributed by atoms with Gasteiger partial charge in [-0.2, -0.15) is 0 Å². The van der Waals surface area contributed by atoms with Crippen LogP contribution >= 0.6 is 11.3 Å². The summed E-state index contributed by atoms with van der Waals surface area (Å²) < 4.78 is 5.52. The van der Waals surface area contributed by atoms with Crippen LogP contribution in [0, 0.1) is 0 Å². The smallest absolute Gasteiger partial charge is 0.272 e. The second kappa shape index (κ2) is 6.01. The van der Waals surface area contributed by atoms with Crippen LogP contribution in [0.5, 0.6) is 5.75 Å². The van der Waals surface area contributed by atoms with E-state index in [9.17, 15) is 4.79 Å². The molecular formula is C17H14N4O2S. The molecule has 24 heavy (non-hydrogen) atoms. The lowest BCUT2D eigenvalue weighted by Gasteiger charge is -2.12. The van der Waals surface area contributed by atoms with E-state index in [1.54, 1.807) is 31.7 Å². The van der Waals surface area contributed by atoms with Crippen molar-refractivity contribution in [3.05, 3.63) is 53.3 Å². The maximum Gasteiger partial charge on any atom is 0.272 e. The molecule has 0 fully saturated rings. The van der Waals surface area contributed by atoms with Crippen LogP contribution in [-0.2, 0) is 6.42 Å². The molecule has 1 aromatic carbocycles. The highest BCUT2D eigenvalue weighted by Gasteiger charge is 2.20. The quantitative estimate of drug-likeness (QED) is 0.734. The molecule has 2 aromatic heterocycles. The molecule has 0 N–H and O–H groups in total. The highest BCUT2D eigenvalue weighted by Crippen LogP contribution is 2.32. The van der Waals surface area contributed by atoms with Crippen LogP contribution < -0.4 is 9.64 Å². The Bertz CT molecular complexity index is 895. The van der Waals surface area contributed by atoms with Crippen LogP contribution in [0.4, 0.5) is 5.95 Å². The number of fused-ring (bicyclic) bond motifs is 1.